The molecule has 4 rings (SSSR count). The molecular weight excluding hydrogens is 482 g/mol. The van der Waals surface area contributed by atoms with Crippen molar-refractivity contribution in [2.45, 2.75) is 24.8 Å². The molecule has 37 heavy (non-hydrogen) atoms. The summed E-state index contributed by atoms with van der Waals surface area (Å²) in [4.78, 5) is 27.0. The molecule has 1 aliphatic heterocycles. The van der Waals surface area contributed by atoms with Crippen LogP contribution in [0, 0.1) is 0 Å². The Balaban J connectivity index is 1.49. The van der Waals surface area contributed by atoms with E-state index in [4.69, 9.17) is 15.1 Å². The largest absolute Gasteiger partial charge is 0.396 e. The quantitative estimate of drug-likeness (QED) is 0.209. The number of carbonyl (C=O) groups excluding carboxylic acids is 1. The van der Waals surface area contributed by atoms with Crippen LogP contribution in [0.25, 0.3) is 17.2 Å². The highest BCUT2D eigenvalue weighted by atomic mass is 32.2. The van der Waals surface area contributed by atoms with Crippen molar-refractivity contribution in [2.75, 3.05) is 55.3 Å². The van der Waals surface area contributed by atoms with E-state index in [0.29, 0.717) is 50.7 Å². The van der Waals surface area contributed by atoms with Crippen molar-refractivity contribution in [1.82, 2.24) is 14.9 Å². The van der Waals surface area contributed by atoms with Crippen LogP contribution in [0.4, 0.5) is 11.8 Å². The van der Waals surface area contributed by atoms with Gasteiger partial charge in [-0.3, -0.25) is 4.79 Å². The number of nitrogens with zero attached hydrogens (tertiary/aromatic N) is 4. The van der Waals surface area contributed by atoms with E-state index in [1.54, 1.807) is 11.8 Å². The summed E-state index contributed by atoms with van der Waals surface area (Å²) in [6, 6.07) is 18.0. The fourth-order valence-corrected chi connectivity index (χ4v) is 5.17. The number of amides is 1. The molecule has 8 heteroatoms. The second kappa shape index (κ2) is 13.3. The Bertz CT molecular complexity index is 1200. The van der Waals surface area contributed by atoms with Crippen molar-refractivity contribution in [2.24, 2.45) is 0 Å². The molecule has 1 aliphatic rings. The number of carbonyl (C=O) groups is 1. The van der Waals surface area contributed by atoms with Crippen LogP contribution in [0.2, 0.25) is 0 Å². The zero-order chi connectivity index (χ0) is 26.0. The van der Waals surface area contributed by atoms with Gasteiger partial charge in [0, 0.05) is 50.5 Å². The second-order valence-corrected chi connectivity index (χ2v) is 9.96. The Labute approximate surface area is 223 Å². The zero-order valence-electron chi connectivity index (χ0n) is 21.4. The normalized spacial score (nSPS) is 13.5. The van der Waals surface area contributed by atoms with E-state index in [-0.39, 0.29) is 12.5 Å². The standard InChI is InChI=1S/C29H35N5O2S/c1-3-20-37-27-25(4-2)26(31-29(32-27)30-14-9-19-35)33-15-17-34(18-16-33)28(36)24-13-8-12-23(21-24)22-10-6-5-7-11-22/h4-8,10-13,21,35H,2-3,9,14-20H2,1H3,(H,30,31,32). The average molecular weight is 518 g/mol. The van der Waals surface area contributed by atoms with Gasteiger partial charge in [-0.25, -0.2) is 4.98 Å². The van der Waals surface area contributed by atoms with Gasteiger partial charge in [-0.2, -0.15) is 4.98 Å². The summed E-state index contributed by atoms with van der Waals surface area (Å²) >= 11 is 1.70. The summed E-state index contributed by atoms with van der Waals surface area (Å²) in [5, 5.41) is 13.3. The first-order valence-electron chi connectivity index (χ1n) is 12.9. The van der Waals surface area contributed by atoms with Crippen LogP contribution in [0.3, 0.4) is 0 Å². The maximum absolute atomic E-state index is 13.4. The number of hydrogen-bond donors (Lipinski definition) is 2. The summed E-state index contributed by atoms with van der Waals surface area (Å²) in [6.07, 6.45) is 3.50. The van der Waals surface area contributed by atoms with Crippen molar-refractivity contribution in [3.63, 3.8) is 0 Å². The van der Waals surface area contributed by atoms with Crippen molar-refractivity contribution in [1.29, 1.82) is 0 Å². The fraction of sp³-hybridized carbons (Fsp3) is 0.345. The predicted molar refractivity (Wildman–Crippen MR) is 153 cm³/mol. The first kappa shape index (κ1) is 26.7. The highest BCUT2D eigenvalue weighted by Gasteiger charge is 2.26. The number of hydrogen-bond acceptors (Lipinski definition) is 7. The van der Waals surface area contributed by atoms with Gasteiger partial charge in [-0.05, 0) is 41.9 Å². The molecule has 0 saturated carbocycles. The molecule has 0 unspecified atom stereocenters. The molecule has 2 heterocycles. The Kier molecular flexibility index (Phi) is 9.57. The number of aromatic nitrogens is 2. The average Bonchev–Trinajstić information content (AvgIpc) is 2.96. The third-order valence-electron chi connectivity index (χ3n) is 6.24. The molecule has 194 valence electrons. The summed E-state index contributed by atoms with van der Waals surface area (Å²) in [5.74, 6) is 2.41. The minimum Gasteiger partial charge on any atom is -0.396 e. The molecule has 0 radical (unpaired) electrons. The minimum atomic E-state index is 0.0506. The van der Waals surface area contributed by atoms with Crippen LogP contribution >= 0.6 is 11.8 Å². The third kappa shape index (κ3) is 6.70. The number of benzene rings is 2. The van der Waals surface area contributed by atoms with E-state index in [0.717, 1.165) is 39.7 Å². The third-order valence-corrected chi connectivity index (χ3v) is 7.44. The van der Waals surface area contributed by atoms with E-state index >= 15 is 0 Å². The van der Waals surface area contributed by atoms with Crippen LogP contribution in [0.5, 0.6) is 0 Å². The molecule has 0 aliphatic carbocycles. The van der Waals surface area contributed by atoms with Crippen LogP contribution in [0.15, 0.2) is 66.2 Å². The second-order valence-electron chi connectivity index (χ2n) is 8.87. The van der Waals surface area contributed by atoms with Gasteiger partial charge >= 0.3 is 0 Å². The predicted octanol–water partition coefficient (Wildman–Crippen LogP) is 5.05. The highest BCUT2D eigenvalue weighted by molar-refractivity contribution is 7.99. The van der Waals surface area contributed by atoms with E-state index < -0.39 is 0 Å². The lowest BCUT2D eigenvalue weighted by molar-refractivity contribution is 0.0746. The van der Waals surface area contributed by atoms with Crippen LogP contribution < -0.4 is 10.2 Å². The van der Waals surface area contributed by atoms with E-state index in [9.17, 15) is 4.79 Å². The van der Waals surface area contributed by atoms with Gasteiger partial charge < -0.3 is 20.2 Å². The first-order valence-corrected chi connectivity index (χ1v) is 13.8. The fourth-order valence-electron chi connectivity index (χ4n) is 4.29. The molecule has 0 atom stereocenters. The number of nitrogens with one attached hydrogen (secondary N) is 1. The molecule has 1 fully saturated rings. The summed E-state index contributed by atoms with van der Waals surface area (Å²) in [6.45, 7) is 9.48. The molecule has 1 saturated heterocycles. The minimum absolute atomic E-state index is 0.0506. The van der Waals surface area contributed by atoms with Crippen molar-refractivity contribution in [3.8, 4) is 11.1 Å². The number of anilines is 2. The molecule has 2 aromatic carbocycles. The van der Waals surface area contributed by atoms with Crippen LogP contribution in [0.1, 0.15) is 35.7 Å². The lowest BCUT2D eigenvalue weighted by atomic mass is 10.0. The van der Waals surface area contributed by atoms with Gasteiger partial charge in [0.25, 0.3) is 5.91 Å². The Morgan fingerprint density at radius 3 is 2.54 bits per heavy atom. The molecular formula is C29H35N5O2S. The molecule has 0 spiro atoms. The molecule has 0 bridgehead atoms. The maximum Gasteiger partial charge on any atom is 0.253 e. The van der Waals surface area contributed by atoms with Crippen LogP contribution in [-0.4, -0.2) is 71.0 Å². The lowest BCUT2D eigenvalue weighted by Crippen LogP contribution is -2.49. The first-order chi connectivity index (χ1) is 18.1. The molecule has 2 N–H and O–H groups in total. The van der Waals surface area contributed by atoms with Crippen LogP contribution in [-0.2, 0) is 0 Å². The molecule has 1 aromatic heterocycles. The molecule has 3 aromatic rings. The topological polar surface area (TPSA) is 81.6 Å². The zero-order valence-corrected chi connectivity index (χ0v) is 22.2. The SMILES string of the molecule is C=Cc1c(SCCC)nc(NCCCO)nc1N1CCN(C(=O)c2cccc(-c3ccccc3)c2)CC1. The van der Waals surface area contributed by atoms with Gasteiger partial charge in [0.15, 0.2) is 0 Å². The van der Waals surface area contributed by atoms with Crippen molar-refractivity contribution in [3.05, 3.63) is 72.3 Å². The summed E-state index contributed by atoms with van der Waals surface area (Å²) in [5.41, 5.74) is 3.78. The number of rotatable bonds is 11. The number of aliphatic hydroxyl groups excluding tert-OH is 1. The van der Waals surface area contributed by atoms with E-state index in [2.05, 4.69) is 35.9 Å². The van der Waals surface area contributed by atoms with Crippen molar-refractivity contribution < 1.29 is 9.90 Å². The van der Waals surface area contributed by atoms with Gasteiger partial charge in [0.05, 0.1) is 0 Å². The number of aliphatic hydroxyl groups is 1. The highest BCUT2D eigenvalue weighted by Crippen LogP contribution is 2.31. The Morgan fingerprint density at radius 2 is 1.84 bits per heavy atom. The van der Waals surface area contributed by atoms with Gasteiger partial charge in [-0.1, -0.05) is 62.0 Å². The van der Waals surface area contributed by atoms with Crippen molar-refractivity contribution >= 4 is 35.5 Å². The molecule has 1 amide bonds. The molecule has 7 nitrogen and oxygen atoms in total. The number of piperazine rings is 1. The Morgan fingerprint density at radius 1 is 1.08 bits per heavy atom. The van der Waals surface area contributed by atoms with Gasteiger partial charge in [0.2, 0.25) is 5.95 Å². The van der Waals surface area contributed by atoms with E-state index in [1.165, 1.54) is 0 Å². The number of thioether (sulfide) groups is 1. The van der Waals surface area contributed by atoms with Gasteiger partial charge in [-0.15, -0.1) is 11.8 Å². The monoisotopic (exact) mass is 517 g/mol. The lowest BCUT2D eigenvalue weighted by Gasteiger charge is -2.36. The smallest absolute Gasteiger partial charge is 0.253 e. The van der Waals surface area contributed by atoms with Gasteiger partial charge in [0.1, 0.15) is 10.8 Å². The van der Waals surface area contributed by atoms with E-state index in [1.807, 2.05) is 53.4 Å². The maximum atomic E-state index is 13.4. The summed E-state index contributed by atoms with van der Waals surface area (Å²) in [7, 11) is 0. The Hall–Kier alpha value is -3.36. The summed E-state index contributed by atoms with van der Waals surface area (Å²) < 4.78 is 0.